The van der Waals surface area contributed by atoms with Gasteiger partial charge in [0.25, 0.3) is 5.91 Å². The number of fused-ring (bicyclic) bond motifs is 5. The number of nitrogens with zero attached hydrogens (tertiary/aromatic N) is 1. The summed E-state index contributed by atoms with van der Waals surface area (Å²) in [4.78, 5) is 53.4. The molecule has 0 spiro atoms. The number of amides is 3. The molecule has 2 fully saturated rings. The monoisotopic (exact) mass is 492 g/mol. The van der Waals surface area contributed by atoms with Gasteiger partial charge in [-0.1, -0.05) is 60.2 Å². The Morgan fingerprint density at radius 3 is 2.34 bits per heavy atom. The van der Waals surface area contributed by atoms with Crippen molar-refractivity contribution in [2.75, 3.05) is 11.9 Å². The van der Waals surface area contributed by atoms with Crippen LogP contribution in [0.4, 0.5) is 5.69 Å². The van der Waals surface area contributed by atoms with Crippen LogP contribution in [0.1, 0.15) is 17.5 Å². The highest BCUT2D eigenvalue weighted by atomic mass is 35.5. The SMILES string of the molecule is Cc1ccc(NC(=O)COC(=O)[C@H](Cc2ccccc2)N2C(=O)[C@@H]3[C@@H](C2=O)[C@H]2C=C[C@H]3C2)cc1Cl. The van der Waals surface area contributed by atoms with Crippen LogP contribution in [0, 0.1) is 30.6 Å². The number of hydrogen-bond acceptors (Lipinski definition) is 5. The zero-order valence-electron chi connectivity index (χ0n) is 19.1. The van der Waals surface area contributed by atoms with Crippen molar-refractivity contribution in [3.63, 3.8) is 0 Å². The van der Waals surface area contributed by atoms with Gasteiger partial charge in [-0.25, -0.2) is 4.79 Å². The van der Waals surface area contributed by atoms with Crippen molar-refractivity contribution in [3.05, 3.63) is 76.8 Å². The first-order valence-electron chi connectivity index (χ1n) is 11.7. The molecular formula is C27H25ClN2O5. The summed E-state index contributed by atoms with van der Waals surface area (Å²) in [6.07, 6.45) is 4.94. The molecule has 2 aliphatic carbocycles. The zero-order valence-corrected chi connectivity index (χ0v) is 19.9. The Bertz CT molecular complexity index is 1200. The fourth-order valence-electron chi connectivity index (χ4n) is 5.45. The van der Waals surface area contributed by atoms with Crippen molar-refractivity contribution in [3.8, 4) is 0 Å². The van der Waals surface area contributed by atoms with Gasteiger partial charge in [0, 0.05) is 17.1 Å². The Hall–Kier alpha value is -3.45. The molecule has 2 bridgehead atoms. The van der Waals surface area contributed by atoms with E-state index in [1.54, 1.807) is 18.2 Å². The van der Waals surface area contributed by atoms with Gasteiger partial charge in [-0.3, -0.25) is 19.3 Å². The van der Waals surface area contributed by atoms with Gasteiger partial charge in [0.1, 0.15) is 6.04 Å². The van der Waals surface area contributed by atoms with Crippen molar-refractivity contribution < 1.29 is 23.9 Å². The second-order valence-corrected chi connectivity index (χ2v) is 9.78. The van der Waals surface area contributed by atoms with Gasteiger partial charge in [0.15, 0.2) is 6.61 Å². The largest absolute Gasteiger partial charge is 0.454 e. The first-order chi connectivity index (χ1) is 16.8. The van der Waals surface area contributed by atoms with E-state index in [0.717, 1.165) is 22.4 Å². The molecule has 5 atom stereocenters. The van der Waals surface area contributed by atoms with Crippen molar-refractivity contribution >= 4 is 41.0 Å². The smallest absolute Gasteiger partial charge is 0.330 e. The highest BCUT2D eigenvalue weighted by Gasteiger charge is 2.61. The van der Waals surface area contributed by atoms with E-state index >= 15 is 0 Å². The van der Waals surface area contributed by atoms with Crippen molar-refractivity contribution in [1.29, 1.82) is 0 Å². The molecule has 1 heterocycles. The summed E-state index contributed by atoms with van der Waals surface area (Å²) < 4.78 is 5.32. The summed E-state index contributed by atoms with van der Waals surface area (Å²) in [5.74, 6) is -2.75. The van der Waals surface area contributed by atoms with Crippen LogP contribution in [0.3, 0.4) is 0 Å². The number of esters is 1. The topological polar surface area (TPSA) is 92.8 Å². The van der Waals surface area contributed by atoms with Crippen molar-refractivity contribution in [2.45, 2.75) is 25.8 Å². The lowest BCUT2D eigenvalue weighted by molar-refractivity contribution is -0.160. The average Bonchev–Trinajstić information content (AvgIpc) is 3.53. The first-order valence-corrected chi connectivity index (χ1v) is 12.0. The van der Waals surface area contributed by atoms with Crippen LogP contribution in [0.5, 0.6) is 0 Å². The number of anilines is 1. The number of aryl methyl sites for hydroxylation is 1. The number of benzene rings is 2. The van der Waals surface area contributed by atoms with Crippen LogP contribution >= 0.6 is 11.6 Å². The molecule has 7 nitrogen and oxygen atoms in total. The van der Waals surface area contributed by atoms with E-state index in [4.69, 9.17) is 16.3 Å². The molecule has 180 valence electrons. The summed E-state index contributed by atoms with van der Waals surface area (Å²) in [5.41, 5.74) is 2.13. The molecule has 1 saturated carbocycles. The van der Waals surface area contributed by atoms with E-state index in [0.29, 0.717) is 10.7 Å². The molecule has 1 N–H and O–H groups in total. The Labute approximate surface area is 208 Å². The number of nitrogens with one attached hydrogen (secondary N) is 1. The van der Waals surface area contributed by atoms with Crippen LogP contribution in [0.2, 0.25) is 5.02 Å². The van der Waals surface area contributed by atoms with Gasteiger partial charge in [0.2, 0.25) is 11.8 Å². The molecule has 8 heteroatoms. The lowest BCUT2D eigenvalue weighted by Crippen LogP contribution is -2.48. The number of likely N-dealkylation sites (tertiary alicyclic amines) is 1. The molecule has 0 radical (unpaired) electrons. The summed E-state index contributed by atoms with van der Waals surface area (Å²) in [7, 11) is 0. The quantitative estimate of drug-likeness (QED) is 0.362. The van der Waals surface area contributed by atoms with Gasteiger partial charge in [-0.2, -0.15) is 0 Å². The van der Waals surface area contributed by atoms with E-state index in [2.05, 4.69) is 5.32 Å². The number of carbonyl (C=O) groups excluding carboxylic acids is 4. The maximum atomic E-state index is 13.3. The summed E-state index contributed by atoms with van der Waals surface area (Å²) in [6.45, 7) is 1.30. The second kappa shape index (κ2) is 9.30. The van der Waals surface area contributed by atoms with E-state index < -0.39 is 36.4 Å². The molecule has 0 aromatic heterocycles. The molecular weight excluding hydrogens is 468 g/mol. The lowest BCUT2D eigenvalue weighted by atomic mass is 9.85. The summed E-state index contributed by atoms with van der Waals surface area (Å²) >= 11 is 6.10. The third-order valence-electron chi connectivity index (χ3n) is 7.16. The first kappa shape index (κ1) is 23.3. The Kier molecular flexibility index (Phi) is 6.19. The molecule has 2 aromatic carbocycles. The minimum atomic E-state index is -1.14. The van der Waals surface area contributed by atoms with E-state index in [1.165, 1.54) is 0 Å². The predicted octanol–water partition coefficient (Wildman–Crippen LogP) is 3.55. The number of ether oxygens (including phenoxy) is 1. The maximum absolute atomic E-state index is 13.3. The average molecular weight is 493 g/mol. The Balaban J connectivity index is 1.31. The van der Waals surface area contributed by atoms with Gasteiger partial charge in [-0.15, -0.1) is 0 Å². The number of rotatable bonds is 7. The second-order valence-electron chi connectivity index (χ2n) is 9.37. The highest BCUT2D eigenvalue weighted by Crippen LogP contribution is 2.53. The minimum absolute atomic E-state index is 0.0342. The molecule has 0 unspecified atom stereocenters. The van der Waals surface area contributed by atoms with Crippen molar-refractivity contribution in [1.82, 2.24) is 4.90 Å². The fraction of sp³-hybridized carbons (Fsp3) is 0.333. The van der Waals surface area contributed by atoms with Gasteiger partial charge < -0.3 is 10.1 Å². The molecule has 3 amide bonds. The van der Waals surface area contributed by atoms with Crippen LogP contribution in [0.25, 0.3) is 0 Å². The van der Waals surface area contributed by atoms with Crippen LogP contribution in [0.15, 0.2) is 60.7 Å². The van der Waals surface area contributed by atoms with E-state index in [-0.39, 0.29) is 30.1 Å². The van der Waals surface area contributed by atoms with Crippen LogP contribution < -0.4 is 5.32 Å². The maximum Gasteiger partial charge on any atom is 0.330 e. The highest BCUT2D eigenvalue weighted by molar-refractivity contribution is 6.31. The fourth-order valence-corrected chi connectivity index (χ4v) is 5.63. The van der Waals surface area contributed by atoms with Gasteiger partial charge in [0.05, 0.1) is 11.8 Å². The van der Waals surface area contributed by atoms with Gasteiger partial charge in [-0.05, 0) is 48.4 Å². The summed E-state index contributed by atoms with van der Waals surface area (Å²) in [5, 5.41) is 3.14. The molecule has 35 heavy (non-hydrogen) atoms. The molecule has 1 saturated heterocycles. The Morgan fingerprint density at radius 1 is 1.06 bits per heavy atom. The van der Waals surface area contributed by atoms with Crippen LogP contribution in [-0.2, 0) is 30.3 Å². The zero-order chi connectivity index (χ0) is 24.7. The third kappa shape index (κ3) is 4.36. The molecule has 2 aromatic rings. The van der Waals surface area contributed by atoms with E-state index in [9.17, 15) is 19.2 Å². The summed E-state index contributed by atoms with van der Waals surface area (Å²) in [6, 6.07) is 13.1. The van der Waals surface area contributed by atoms with Crippen LogP contribution in [-0.4, -0.2) is 41.2 Å². The Morgan fingerprint density at radius 2 is 1.71 bits per heavy atom. The lowest BCUT2D eigenvalue weighted by Gasteiger charge is -2.26. The minimum Gasteiger partial charge on any atom is -0.454 e. The van der Waals surface area contributed by atoms with Gasteiger partial charge >= 0.3 is 5.97 Å². The normalized spacial score (nSPS) is 25.0. The number of imide groups is 1. The van der Waals surface area contributed by atoms with Crippen molar-refractivity contribution in [2.24, 2.45) is 23.7 Å². The van der Waals surface area contributed by atoms with E-state index in [1.807, 2.05) is 49.4 Å². The predicted molar refractivity (Wildman–Crippen MR) is 129 cm³/mol. The number of hydrogen-bond donors (Lipinski definition) is 1. The number of carbonyl (C=O) groups is 4. The number of allylic oxidation sites excluding steroid dienone is 2. The molecule has 3 aliphatic rings. The number of halogens is 1. The standard InChI is InChI=1S/C27H25ClN2O5/c1-15-7-10-19(13-20(15)28)29-22(31)14-35-27(34)21(11-16-5-3-2-4-6-16)30-25(32)23-17-8-9-18(12-17)24(23)26(30)33/h2-10,13,17-18,21,23-24H,11-12,14H2,1H3,(H,29,31)/t17-,18-,21-,23-,24-/m0/s1. The third-order valence-corrected chi connectivity index (χ3v) is 7.57. The molecule has 5 rings (SSSR count). The molecule has 1 aliphatic heterocycles.